The van der Waals surface area contributed by atoms with Gasteiger partial charge in [-0.15, -0.1) is 0 Å². The molecule has 4 rings (SSSR count). The molecule has 0 unspecified atom stereocenters. The van der Waals surface area contributed by atoms with Crippen LogP contribution in [-0.2, 0) is 11.4 Å². The first-order valence-corrected chi connectivity index (χ1v) is 11.3. The fourth-order valence-electron chi connectivity index (χ4n) is 2.95. The number of amides is 1. The third kappa shape index (κ3) is 5.87. The van der Waals surface area contributed by atoms with E-state index in [2.05, 4.69) is 10.3 Å². The third-order valence-electron chi connectivity index (χ3n) is 4.57. The highest BCUT2D eigenvalue weighted by Gasteiger charge is 2.24. The number of methoxy groups -OCH3 is 1. The smallest absolute Gasteiger partial charge is 0.264 e. The first-order valence-electron chi connectivity index (χ1n) is 9.71. The Hall–Kier alpha value is -3.00. The zero-order chi connectivity index (χ0) is 23.4. The fourth-order valence-corrected chi connectivity index (χ4v) is 4.11. The molecule has 1 amide bonds. The molecule has 1 aliphatic rings. The summed E-state index contributed by atoms with van der Waals surface area (Å²) >= 11 is 13.2. The average molecular weight is 503 g/mol. The van der Waals surface area contributed by atoms with E-state index >= 15 is 0 Å². The molecule has 5 nitrogen and oxygen atoms in total. The van der Waals surface area contributed by atoms with Crippen molar-refractivity contribution in [3.63, 3.8) is 0 Å². The average Bonchev–Trinajstić information content (AvgIpc) is 3.15. The maximum atomic E-state index is 13.1. The summed E-state index contributed by atoms with van der Waals surface area (Å²) in [6, 6.07) is 16.4. The van der Waals surface area contributed by atoms with Crippen LogP contribution in [0.3, 0.4) is 0 Å². The van der Waals surface area contributed by atoms with Crippen LogP contribution >= 0.6 is 35.0 Å². The van der Waals surface area contributed by atoms with Crippen LogP contribution in [0.25, 0.3) is 6.08 Å². The Balaban J connectivity index is 1.48. The molecule has 0 saturated carbocycles. The van der Waals surface area contributed by atoms with Crippen molar-refractivity contribution in [2.24, 2.45) is 4.99 Å². The van der Waals surface area contributed by atoms with Crippen LogP contribution in [0.1, 0.15) is 11.1 Å². The minimum absolute atomic E-state index is 0.264. The van der Waals surface area contributed by atoms with Gasteiger partial charge in [-0.25, -0.2) is 9.38 Å². The number of nitrogens with zero attached hydrogens (tertiary/aromatic N) is 1. The molecule has 0 aromatic heterocycles. The normalized spacial score (nSPS) is 15.7. The van der Waals surface area contributed by atoms with Gasteiger partial charge in [-0.3, -0.25) is 4.79 Å². The summed E-state index contributed by atoms with van der Waals surface area (Å²) in [6.07, 6.45) is 1.73. The molecule has 1 aliphatic heterocycles. The molecular weight excluding hydrogens is 486 g/mol. The van der Waals surface area contributed by atoms with Crippen molar-refractivity contribution in [1.29, 1.82) is 0 Å². The quantitative estimate of drug-likeness (QED) is 0.385. The molecule has 0 aliphatic carbocycles. The maximum Gasteiger partial charge on any atom is 0.264 e. The summed E-state index contributed by atoms with van der Waals surface area (Å²) < 4.78 is 24.4. The van der Waals surface area contributed by atoms with Crippen molar-refractivity contribution in [2.45, 2.75) is 6.61 Å². The van der Waals surface area contributed by atoms with Crippen LogP contribution in [0.4, 0.5) is 10.1 Å². The number of benzene rings is 3. The van der Waals surface area contributed by atoms with E-state index in [4.69, 9.17) is 32.7 Å². The highest BCUT2D eigenvalue weighted by molar-refractivity contribution is 8.18. The number of aliphatic imine (C=N–C) groups is 1. The Bertz CT molecular complexity index is 1260. The van der Waals surface area contributed by atoms with Gasteiger partial charge in [-0.2, -0.15) is 0 Å². The van der Waals surface area contributed by atoms with Crippen molar-refractivity contribution >= 4 is 57.8 Å². The zero-order valence-electron chi connectivity index (χ0n) is 17.3. The van der Waals surface area contributed by atoms with E-state index in [-0.39, 0.29) is 18.3 Å². The molecule has 168 valence electrons. The van der Waals surface area contributed by atoms with Crippen molar-refractivity contribution in [3.05, 3.63) is 92.6 Å². The number of carbonyl (C=O) groups excluding carboxylic acids is 1. The van der Waals surface area contributed by atoms with Gasteiger partial charge < -0.3 is 14.8 Å². The number of nitrogens with one attached hydrogen (secondary N) is 1. The van der Waals surface area contributed by atoms with Crippen molar-refractivity contribution in [3.8, 4) is 11.5 Å². The number of rotatable bonds is 6. The van der Waals surface area contributed by atoms with Crippen LogP contribution in [0, 0.1) is 5.82 Å². The molecule has 9 heteroatoms. The lowest BCUT2D eigenvalue weighted by Gasteiger charge is -2.12. The summed E-state index contributed by atoms with van der Waals surface area (Å²) in [7, 11) is 1.54. The molecule has 3 aromatic carbocycles. The van der Waals surface area contributed by atoms with Gasteiger partial charge in [0.25, 0.3) is 5.91 Å². The van der Waals surface area contributed by atoms with E-state index < -0.39 is 0 Å². The van der Waals surface area contributed by atoms with E-state index in [1.54, 1.807) is 49.6 Å². The molecule has 0 radical (unpaired) electrons. The van der Waals surface area contributed by atoms with Gasteiger partial charge in [-0.05, 0) is 77.5 Å². The molecule has 1 saturated heterocycles. The highest BCUT2D eigenvalue weighted by Crippen LogP contribution is 2.33. The van der Waals surface area contributed by atoms with E-state index in [1.807, 2.05) is 12.1 Å². The molecule has 1 fully saturated rings. The Morgan fingerprint density at radius 3 is 2.55 bits per heavy atom. The SMILES string of the molecule is COc1cc(/C=C2/SC(=Nc3ccc(F)cc3)NC2=O)ccc1OCc1ccc(Cl)c(Cl)c1. The van der Waals surface area contributed by atoms with Gasteiger partial charge in [0.2, 0.25) is 0 Å². The molecule has 3 aromatic rings. The first-order chi connectivity index (χ1) is 15.9. The van der Waals surface area contributed by atoms with E-state index in [0.717, 1.165) is 11.1 Å². The number of hydrogen-bond donors (Lipinski definition) is 1. The Kier molecular flexibility index (Phi) is 7.23. The molecule has 1 N–H and O–H groups in total. The Morgan fingerprint density at radius 2 is 1.82 bits per heavy atom. The van der Waals surface area contributed by atoms with Crippen molar-refractivity contribution < 1.29 is 18.7 Å². The number of amidine groups is 1. The lowest BCUT2D eigenvalue weighted by atomic mass is 10.2. The summed E-state index contributed by atoms with van der Waals surface area (Å²) in [6.45, 7) is 0.287. The molecule has 33 heavy (non-hydrogen) atoms. The van der Waals surface area contributed by atoms with Crippen LogP contribution in [0.5, 0.6) is 11.5 Å². The van der Waals surface area contributed by atoms with Crippen molar-refractivity contribution in [2.75, 3.05) is 7.11 Å². The molecule has 0 spiro atoms. The van der Waals surface area contributed by atoms with Gasteiger partial charge in [0.1, 0.15) is 12.4 Å². The number of ether oxygens (including phenoxy) is 2. The molecule has 0 bridgehead atoms. The van der Waals surface area contributed by atoms with Crippen LogP contribution in [0.2, 0.25) is 10.0 Å². The maximum absolute atomic E-state index is 13.1. The van der Waals surface area contributed by atoms with Crippen molar-refractivity contribution in [1.82, 2.24) is 5.32 Å². The van der Waals surface area contributed by atoms with Crippen LogP contribution < -0.4 is 14.8 Å². The highest BCUT2D eigenvalue weighted by atomic mass is 35.5. The number of thioether (sulfide) groups is 1. The second-order valence-electron chi connectivity index (χ2n) is 6.91. The lowest BCUT2D eigenvalue weighted by Crippen LogP contribution is -2.19. The number of hydrogen-bond acceptors (Lipinski definition) is 5. The van der Waals surface area contributed by atoms with Crippen LogP contribution in [-0.4, -0.2) is 18.2 Å². The number of carbonyl (C=O) groups is 1. The molecule has 1 heterocycles. The predicted octanol–water partition coefficient (Wildman–Crippen LogP) is 6.61. The topological polar surface area (TPSA) is 59.9 Å². The first kappa shape index (κ1) is 23.2. The summed E-state index contributed by atoms with van der Waals surface area (Å²) in [5.74, 6) is 0.460. The standard InChI is InChI=1S/C24H17Cl2FN2O3S/c1-31-21-11-14(3-9-20(21)32-13-15-2-8-18(25)19(26)10-15)12-22-23(30)29-24(33-22)28-17-6-4-16(27)5-7-17/h2-12H,13H2,1H3,(H,28,29,30)/b22-12+. The molecular formula is C24H17Cl2FN2O3S. The lowest BCUT2D eigenvalue weighted by molar-refractivity contribution is -0.115. The van der Waals surface area contributed by atoms with Gasteiger partial charge in [0.15, 0.2) is 16.7 Å². The molecule has 0 atom stereocenters. The van der Waals surface area contributed by atoms with Gasteiger partial charge in [0.05, 0.1) is 27.7 Å². The second-order valence-corrected chi connectivity index (χ2v) is 8.75. The summed E-state index contributed by atoms with van der Waals surface area (Å²) in [5, 5.41) is 4.07. The minimum Gasteiger partial charge on any atom is -0.493 e. The predicted molar refractivity (Wildman–Crippen MR) is 131 cm³/mol. The third-order valence-corrected chi connectivity index (χ3v) is 6.22. The van der Waals surface area contributed by atoms with E-state index in [9.17, 15) is 9.18 Å². The minimum atomic E-state index is -0.346. The van der Waals surface area contributed by atoms with Gasteiger partial charge in [0, 0.05) is 0 Å². The van der Waals surface area contributed by atoms with Gasteiger partial charge in [-0.1, -0.05) is 35.3 Å². The monoisotopic (exact) mass is 502 g/mol. The van der Waals surface area contributed by atoms with E-state index in [1.165, 1.54) is 23.9 Å². The zero-order valence-corrected chi connectivity index (χ0v) is 19.6. The Morgan fingerprint density at radius 1 is 1.03 bits per heavy atom. The number of halogens is 3. The van der Waals surface area contributed by atoms with Crippen LogP contribution in [0.15, 0.2) is 70.6 Å². The largest absolute Gasteiger partial charge is 0.493 e. The van der Waals surface area contributed by atoms with Gasteiger partial charge >= 0.3 is 0 Å². The van der Waals surface area contributed by atoms with E-state index in [0.29, 0.717) is 37.3 Å². The summed E-state index contributed by atoms with van der Waals surface area (Å²) in [4.78, 5) is 17.2. The summed E-state index contributed by atoms with van der Waals surface area (Å²) in [5.41, 5.74) is 2.17. The Labute approximate surface area is 204 Å². The second kappa shape index (κ2) is 10.3. The fraction of sp³-hybridized carbons (Fsp3) is 0.0833.